The zero-order valence-corrected chi connectivity index (χ0v) is 12.6. The largest absolute Gasteiger partial charge is 0.491 e. The van der Waals surface area contributed by atoms with Crippen LogP contribution in [-0.4, -0.2) is 50.6 Å². The Kier molecular flexibility index (Phi) is 3.52. The summed E-state index contributed by atoms with van der Waals surface area (Å²) in [5.74, 6) is 0.790. The van der Waals surface area contributed by atoms with Gasteiger partial charge in [-0.05, 0) is 12.5 Å². The van der Waals surface area contributed by atoms with Crippen LogP contribution in [0.15, 0.2) is 24.3 Å². The zero-order valence-electron chi connectivity index (χ0n) is 11.8. The number of hydrogen-bond donors (Lipinski definition) is 1. The number of benzene rings is 1. The van der Waals surface area contributed by atoms with E-state index < -0.39 is 15.1 Å². The molecule has 1 aromatic carbocycles. The predicted octanol–water partition coefficient (Wildman–Crippen LogP) is 0.949. The summed E-state index contributed by atoms with van der Waals surface area (Å²) in [5.41, 5.74) is 0.963. The van der Waals surface area contributed by atoms with E-state index in [0.29, 0.717) is 19.6 Å². The number of ether oxygens (including phenoxy) is 1. The Balaban J connectivity index is 1.64. The highest BCUT2D eigenvalue weighted by atomic mass is 32.2. The van der Waals surface area contributed by atoms with Gasteiger partial charge in [0.25, 0.3) is 0 Å². The smallest absolute Gasteiger partial charge is 0.318 e. The summed E-state index contributed by atoms with van der Waals surface area (Å²) in [6.07, 6.45) is 1.73. The normalized spacial score (nSPS) is 24.5. The fourth-order valence-electron chi connectivity index (χ4n) is 2.78. The standard InChI is InChI=1S/C14H18N2O4S/c1-21(18,19)10-6-7-16(8-10)14(17)15-12-9-20-13-5-3-2-4-11(12)13/h2-5,10,12H,6-9H2,1H3,(H,15,17)/t10-,12+/m1/s1. The van der Waals surface area contributed by atoms with E-state index in [0.717, 1.165) is 11.3 Å². The molecule has 1 N–H and O–H groups in total. The molecule has 7 heteroatoms. The Morgan fingerprint density at radius 2 is 2.14 bits per heavy atom. The molecule has 2 atom stereocenters. The molecule has 1 aromatic rings. The van der Waals surface area contributed by atoms with Crippen LogP contribution in [0.3, 0.4) is 0 Å². The fourth-order valence-corrected chi connectivity index (χ4v) is 3.77. The summed E-state index contributed by atoms with van der Waals surface area (Å²) in [6.45, 7) is 1.15. The van der Waals surface area contributed by atoms with E-state index in [-0.39, 0.29) is 18.6 Å². The molecular weight excluding hydrogens is 292 g/mol. The van der Waals surface area contributed by atoms with Crippen molar-refractivity contribution in [3.8, 4) is 5.75 Å². The molecule has 0 bridgehead atoms. The van der Waals surface area contributed by atoms with Crippen LogP contribution in [0.2, 0.25) is 0 Å². The van der Waals surface area contributed by atoms with Gasteiger partial charge >= 0.3 is 6.03 Å². The van der Waals surface area contributed by atoms with Crippen molar-refractivity contribution in [3.63, 3.8) is 0 Å². The SMILES string of the molecule is CS(=O)(=O)[C@@H]1CCN(C(=O)N[C@H]2COc3ccccc32)C1. The number of para-hydroxylation sites is 1. The summed E-state index contributed by atoms with van der Waals surface area (Å²) in [6, 6.07) is 7.19. The molecule has 1 fully saturated rings. The van der Waals surface area contributed by atoms with Crippen molar-refractivity contribution >= 4 is 15.9 Å². The fraction of sp³-hybridized carbons (Fsp3) is 0.500. The summed E-state index contributed by atoms with van der Waals surface area (Å²) in [7, 11) is -3.09. The number of nitrogens with one attached hydrogen (secondary N) is 1. The van der Waals surface area contributed by atoms with Gasteiger partial charge in [0.1, 0.15) is 12.4 Å². The summed E-state index contributed by atoms with van der Waals surface area (Å²) >= 11 is 0. The zero-order chi connectivity index (χ0) is 15.0. The van der Waals surface area contributed by atoms with Crippen molar-refractivity contribution < 1.29 is 17.9 Å². The maximum absolute atomic E-state index is 12.2. The molecule has 6 nitrogen and oxygen atoms in total. The minimum Gasteiger partial charge on any atom is -0.491 e. The molecule has 3 rings (SSSR count). The second-order valence-corrected chi connectivity index (χ2v) is 7.86. The highest BCUT2D eigenvalue weighted by Gasteiger charge is 2.34. The average molecular weight is 310 g/mol. The van der Waals surface area contributed by atoms with Crippen molar-refractivity contribution in [1.82, 2.24) is 10.2 Å². The van der Waals surface area contributed by atoms with Crippen LogP contribution in [0.1, 0.15) is 18.0 Å². The Bertz CT molecular complexity index is 659. The minimum atomic E-state index is -3.09. The van der Waals surface area contributed by atoms with Crippen LogP contribution in [-0.2, 0) is 9.84 Å². The first-order chi connectivity index (χ1) is 9.95. The van der Waals surface area contributed by atoms with Crippen LogP contribution in [0, 0.1) is 0 Å². The molecule has 21 heavy (non-hydrogen) atoms. The first-order valence-electron chi connectivity index (χ1n) is 6.91. The number of fused-ring (bicyclic) bond motifs is 1. The van der Waals surface area contributed by atoms with Crippen LogP contribution < -0.4 is 10.1 Å². The van der Waals surface area contributed by atoms with Gasteiger partial charge in [-0.1, -0.05) is 18.2 Å². The van der Waals surface area contributed by atoms with Gasteiger partial charge < -0.3 is 15.0 Å². The van der Waals surface area contributed by atoms with Crippen LogP contribution in [0.5, 0.6) is 5.75 Å². The van der Waals surface area contributed by atoms with Crippen molar-refractivity contribution in [3.05, 3.63) is 29.8 Å². The summed E-state index contributed by atoms with van der Waals surface area (Å²) in [4.78, 5) is 13.8. The molecule has 0 radical (unpaired) electrons. The number of rotatable bonds is 2. The number of urea groups is 1. The van der Waals surface area contributed by atoms with Crippen LogP contribution in [0.25, 0.3) is 0 Å². The third kappa shape index (κ3) is 2.83. The predicted molar refractivity (Wildman–Crippen MR) is 78.0 cm³/mol. The van der Waals surface area contributed by atoms with E-state index >= 15 is 0 Å². The van der Waals surface area contributed by atoms with Crippen molar-refractivity contribution in [2.24, 2.45) is 0 Å². The number of carbonyl (C=O) groups is 1. The quantitative estimate of drug-likeness (QED) is 0.882. The van der Waals surface area contributed by atoms with Crippen molar-refractivity contribution in [2.45, 2.75) is 17.7 Å². The Morgan fingerprint density at radius 1 is 1.38 bits per heavy atom. The van der Waals surface area contributed by atoms with E-state index in [2.05, 4.69) is 5.32 Å². The molecule has 0 aliphatic carbocycles. The monoisotopic (exact) mass is 310 g/mol. The molecular formula is C14H18N2O4S. The number of sulfone groups is 1. The van der Waals surface area contributed by atoms with Gasteiger partial charge in [0.15, 0.2) is 9.84 Å². The molecule has 1 saturated heterocycles. The highest BCUT2D eigenvalue weighted by Crippen LogP contribution is 2.31. The van der Waals surface area contributed by atoms with Gasteiger partial charge in [-0.15, -0.1) is 0 Å². The minimum absolute atomic E-state index is 0.175. The van der Waals surface area contributed by atoms with Gasteiger partial charge in [-0.25, -0.2) is 13.2 Å². The topological polar surface area (TPSA) is 75.7 Å². The van der Waals surface area contributed by atoms with E-state index in [1.165, 1.54) is 6.26 Å². The number of hydrogen-bond acceptors (Lipinski definition) is 4. The summed E-state index contributed by atoms with van der Waals surface area (Å²) in [5, 5.41) is 2.47. The third-order valence-corrected chi connectivity index (χ3v) is 5.63. The molecule has 2 heterocycles. The molecule has 0 aromatic heterocycles. The lowest BCUT2D eigenvalue weighted by molar-refractivity contribution is 0.201. The number of nitrogens with zero attached hydrogens (tertiary/aromatic N) is 1. The lowest BCUT2D eigenvalue weighted by atomic mass is 10.1. The number of carbonyl (C=O) groups excluding carboxylic acids is 1. The lowest BCUT2D eigenvalue weighted by Gasteiger charge is -2.20. The number of amides is 2. The average Bonchev–Trinajstić information content (AvgIpc) is 3.05. The Morgan fingerprint density at radius 3 is 2.86 bits per heavy atom. The van der Waals surface area contributed by atoms with E-state index in [1.807, 2.05) is 24.3 Å². The van der Waals surface area contributed by atoms with Crippen LogP contribution >= 0.6 is 0 Å². The molecule has 0 spiro atoms. The maximum atomic E-state index is 12.2. The first kappa shape index (κ1) is 14.2. The number of likely N-dealkylation sites (tertiary alicyclic amines) is 1. The molecule has 0 unspecified atom stereocenters. The van der Waals surface area contributed by atoms with E-state index in [9.17, 15) is 13.2 Å². The molecule has 0 saturated carbocycles. The van der Waals surface area contributed by atoms with Gasteiger partial charge in [-0.2, -0.15) is 0 Å². The molecule has 114 valence electrons. The van der Waals surface area contributed by atoms with Gasteiger partial charge in [-0.3, -0.25) is 0 Å². The Hall–Kier alpha value is -1.76. The molecule has 2 aliphatic heterocycles. The second-order valence-electron chi connectivity index (χ2n) is 5.54. The van der Waals surface area contributed by atoms with Gasteiger partial charge in [0.2, 0.25) is 0 Å². The molecule has 2 amide bonds. The maximum Gasteiger partial charge on any atom is 0.318 e. The van der Waals surface area contributed by atoms with E-state index in [4.69, 9.17) is 4.74 Å². The Labute approximate surface area is 124 Å². The van der Waals surface area contributed by atoms with Crippen molar-refractivity contribution in [2.75, 3.05) is 26.0 Å². The summed E-state index contributed by atoms with van der Waals surface area (Å²) < 4.78 is 28.6. The van der Waals surface area contributed by atoms with Gasteiger partial charge in [0, 0.05) is 24.9 Å². The van der Waals surface area contributed by atoms with Crippen LogP contribution in [0.4, 0.5) is 4.79 Å². The second kappa shape index (κ2) is 5.22. The van der Waals surface area contributed by atoms with Crippen molar-refractivity contribution in [1.29, 1.82) is 0 Å². The van der Waals surface area contributed by atoms with Gasteiger partial charge in [0.05, 0.1) is 11.3 Å². The highest BCUT2D eigenvalue weighted by molar-refractivity contribution is 7.91. The van der Waals surface area contributed by atoms with E-state index in [1.54, 1.807) is 4.90 Å². The first-order valence-corrected chi connectivity index (χ1v) is 8.86. The third-order valence-electron chi connectivity index (χ3n) is 4.04. The lowest BCUT2D eigenvalue weighted by Crippen LogP contribution is -2.41. The molecule has 2 aliphatic rings.